The van der Waals surface area contributed by atoms with Crippen molar-refractivity contribution in [1.82, 2.24) is 14.9 Å². The maximum atomic E-state index is 4.94. The zero-order valence-electron chi connectivity index (χ0n) is 12.2. The van der Waals surface area contributed by atoms with Crippen LogP contribution in [-0.2, 0) is 0 Å². The van der Waals surface area contributed by atoms with Gasteiger partial charge in [0.05, 0.1) is 11.0 Å². The van der Waals surface area contributed by atoms with Gasteiger partial charge in [0.2, 0.25) is 0 Å². The number of aromatic nitrogens is 2. The first kappa shape index (κ1) is 12.6. The molecule has 1 aromatic heterocycles. The van der Waals surface area contributed by atoms with Gasteiger partial charge in [-0.25, -0.2) is 4.98 Å². The minimum Gasteiger partial charge on any atom is -0.316 e. The molecule has 3 aromatic rings. The highest BCUT2D eigenvalue weighted by molar-refractivity contribution is 5.78. The monoisotopic (exact) mass is 277 g/mol. The Balaban J connectivity index is 1.97. The van der Waals surface area contributed by atoms with E-state index in [4.69, 9.17) is 4.98 Å². The van der Waals surface area contributed by atoms with Crippen molar-refractivity contribution < 1.29 is 0 Å². The first-order chi connectivity index (χ1) is 10.3. The SMILES string of the molecule is CC1CNCC1c1nc2ccccc2n1-c1ccccc1. The maximum Gasteiger partial charge on any atom is 0.119 e. The third-order valence-corrected chi connectivity index (χ3v) is 4.45. The molecule has 3 nitrogen and oxygen atoms in total. The summed E-state index contributed by atoms with van der Waals surface area (Å²) in [6.07, 6.45) is 0. The molecule has 2 heterocycles. The van der Waals surface area contributed by atoms with Gasteiger partial charge >= 0.3 is 0 Å². The molecule has 1 aliphatic rings. The molecule has 1 saturated heterocycles. The molecule has 1 N–H and O–H groups in total. The molecule has 1 aliphatic heterocycles. The minimum atomic E-state index is 0.470. The van der Waals surface area contributed by atoms with Gasteiger partial charge in [-0.05, 0) is 36.7 Å². The normalized spacial score (nSPS) is 22.0. The van der Waals surface area contributed by atoms with Gasteiger partial charge in [-0.3, -0.25) is 4.57 Å². The average molecular weight is 277 g/mol. The number of para-hydroxylation sites is 3. The molecule has 2 atom stereocenters. The van der Waals surface area contributed by atoms with E-state index >= 15 is 0 Å². The first-order valence-corrected chi connectivity index (χ1v) is 7.58. The molecule has 1 fully saturated rings. The van der Waals surface area contributed by atoms with Crippen LogP contribution in [0.15, 0.2) is 54.6 Å². The first-order valence-electron chi connectivity index (χ1n) is 7.58. The predicted octanol–water partition coefficient (Wildman–Crippen LogP) is 3.35. The Kier molecular flexibility index (Phi) is 3.00. The standard InChI is InChI=1S/C18H19N3/c1-13-11-19-12-15(13)18-20-16-9-5-6-10-17(16)21(18)14-7-3-2-4-8-14/h2-10,13,15,19H,11-12H2,1H3. The molecule has 3 heteroatoms. The highest BCUT2D eigenvalue weighted by atomic mass is 15.1. The van der Waals surface area contributed by atoms with Gasteiger partial charge < -0.3 is 5.32 Å². The fourth-order valence-electron chi connectivity index (χ4n) is 3.30. The molecule has 106 valence electrons. The summed E-state index contributed by atoms with van der Waals surface area (Å²) in [5.74, 6) is 2.27. The molecular weight excluding hydrogens is 258 g/mol. The summed E-state index contributed by atoms with van der Waals surface area (Å²) in [5, 5.41) is 3.49. The summed E-state index contributed by atoms with van der Waals surface area (Å²) in [7, 11) is 0. The second kappa shape index (κ2) is 5.01. The van der Waals surface area contributed by atoms with E-state index in [0.29, 0.717) is 11.8 Å². The summed E-state index contributed by atoms with van der Waals surface area (Å²) in [4.78, 5) is 4.94. The third kappa shape index (κ3) is 2.05. The van der Waals surface area contributed by atoms with E-state index < -0.39 is 0 Å². The zero-order chi connectivity index (χ0) is 14.2. The van der Waals surface area contributed by atoms with Crippen molar-refractivity contribution >= 4 is 11.0 Å². The van der Waals surface area contributed by atoms with E-state index in [9.17, 15) is 0 Å². The number of benzene rings is 2. The van der Waals surface area contributed by atoms with Gasteiger partial charge in [0.15, 0.2) is 0 Å². The van der Waals surface area contributed by atoms with Crippen LogP contribution in [0.4, 0.5) is 0 Å². The Hall–Kier alpha value is -2.13. The van der Waals surface area contributed by atoms with Gasteiger partial charge in [0.1, 0.15) is 5.82 Å². The van der Waals surface area contributed by atoms with Gasteiger partial charge in [-0.2, -0.15) is 0 Å². The van der Waals surface area contributed by atoms with Gasteiger partial charge in [-0.1, -0.05) is 37.3 Å². The minimum absolute atomic E-state index is 0.470. The van der Waals surface area contributed by atoms with Gasteiger partial charge in [-0.15, -0.1) is 0 Å². The van der Waals surface area contributed by atoms with Crippen molar-refractivity contribution in [3.8, 4) is 5.69 Å². The number of hydrogen-bond donors (Lipinski definition) is 1. The summed E-state index contributed by atoms with van der Waals surface area (Å²) < 4.78 is 2.32. The van der Waals surface area contributed by atoms with Crippen molar-refractivity contribution in [3.63, 3.8) is 0 Å². The van der Waals surface area contributed by atoms with Gasteiger partial charge in [0, 0.05) is 18.2 Å². The zero-order valence-corrected chi connectivity index (χ0v) is 12.2. The summed E-state index contributed by atoms with van der Waals surface area (Å²) >= 11 is 0. The van der Waals surface area contributed by atoms with E-state index in [0.717, 1.165) is 18.6 Å². The number of nitrogens with one attached hydrogen (secondary N) is 1. The van der Waals surface area contributed by atoms with E-state index in [1.807, 2.05) is 0 Å². The van der Waals surface area contributed by atoms with Crippen LogP contribution in [-0.4, -0.2) is 22.6 Å². The lowest BCUT2D eigenvalue weighted by Crippen LogP contribution is -2.14. The molecule has 0 radical (unpaired) electrons. The average Bonchev–Trinajstić information content (AvgIpc) is 3.11. The Morgan fingerprint density at radius 3 is 2.52 bits per heavy atom. The van der Waals surface area contributed by atoms with Crippen LogP contribution in [0.5, 0.6) is 0 Å². The molecule has 2 unspecified atom stereocenters. The topological polar surface area (TPSA) is 29.9 Å². The lowest BCUT2D eigenvalue weighted by atomic mass is 9.97. The molecule has 0 aliphatic carbocycles. The third-order valence-electron chi connectivity index (χ3n) is 4.45. The maximum absolute atomic E-state index is 4.94. The van der Waals surface area contributed by atoms with Crippen LogP contribution < -0.4 is 5.32 Å². The molecule has 0 saturated carbocycles. The second-order valence-electron chi connectivity index (χ2n) is 5.87. The number of fused-ring (bicyclic) bond motifs is 1. The van der Waals surface area contributed by atoms with Crippen molar-refractivity contribution in [3.05, 3.63) is 60.4 Å². The summed E-state index contributed by atoms with van der Waals surface area (Å²) in [5.41, 5.74) is 3.47. The van der Waals surface area contributed by atoms with Gasteiger partial charge in [0.25, 0.3) is 0 Å². The summed E-state index contributed by atoms with van der Waals surface area (Å²) in [6, 6.07) is 19.0. The molecule has 21 heavy (non-hydrogen) atoms. The van der Waals surface area contributed by atoms with Crippen molar-refractivity contribution in [2.24, 2.45) is 5.92 Å². The van der Waals surface area contributed by atoms with E-state index in [-0.39, 0.29) is 0 Å². The Labute approximate surface area is 124 Å². The Morgan fingerprint density at radius 2 is 1.76 bits per heavy atom. The second-order valence-corrected chi connectivity index (χ2v) is 5.87. The van der Waals surface area contributed by atoms with E-state index in [2.05, 4.69) is 71.4 Å². The van der Waals surface area contributed by atoms with Crippen LogP contribution >= 0.6 is 0 Å². The van der Waals surface area contributed by atoms with E-state index in [1.165, 1.54) is 17.0 Å². The van der Waals surface area contributed by atoms with Crippen LogP contribution in [0.3, 0.4) is 0 Å². The lowest BCUT2D eigenvalue weighted by molar-refractivity contribution is 0.542. The summed E-state index contributed by atoms with van der Waals surface area (Å²) in [6.45, 7) is 4.39. The number of nitrogens with zero attached hydrogens (tertiary/aromatic N) is 2. The lowest BCUT2D eigenvalue weighted by Gasteiger charge is -2.16. The number of rotatable bonds is 2. The van der Waals surface area contributed by atoms with Crippen molar-refractivity contribution in [2.45, 2.75) is 12.8 Å². The molecule has 0 bridgehead atoms. The van der Waals surface area contributed by atoms with Crippen molar-refractivity contribution in [1.29, 1.82) is 0 Å². The largest absolute Gasteiger partial charge is 0.316 e. The van der Waals surface area contributed by atoms with Crippen LogP contribution in [0.25, 0.3) is 16.7 Å². The highest BCUT2D eigenvalue weighted by Gasteiger charge is 2.29. The highest BCUT2D eigenvalue weighted by Crippen LogP contribution is 2.32. The molecule has 4 rings (SSSR count). The number of imidazole rings is 1. The number of hydrogen-bond acceptors (Lipinski definition) is 2. The smallest absolute Gasteiger partial charge is 0.119 e. The molecule has 0 spiro atoms. The van der Waals surface area contributed by atoms with Crippen LogP contribution in [0.1, 0.15) is 18.7 Å². The Morgan fingerprint density at radius 1 is 1.00 bits per heavy atom. The van der Waals surface area contributed by atoms with Crippen molar-refractivity contribution in [2.75, 3.05) is 13.1 Å². The van der Waals surface area contributed by atoms with Crippen LogP contribution in [0, 0.1) is 5.92 Å². The fraction of sp³-hybridized carbons (Fsp3) is 0.278. The van der Waals surface area contributed by atoms with E-state index in [1.54, 1.807) is 0 Å². The Bertz CT molecular complexity index is 760. The molecular formula is C18H19N3. The molecule has 0 amide bonds. The molecule has 2 aromatic carbocycles. The quantitative estimate of drug-likeness (QED) is 0.778. The van der Waals surface area contributed by atoms with Crippen LogP contribution in [0.2, 0.25) is 0 Å². The fourth-order valence-corrected chi connectivity index (χ4v) is 3.30. The predicted molar refractivity (Wildman–Crippen MR) is 85.8 cm³/mol.